The molecule has 1 saturated heterocycles. The average molecular weight is 435 g/mol. The van der Waals surface area contributed by atoms with E-state index in [1.165, 1.54) is 12.1 Å². The average Bonchev–Trinajstić information content (AvgIpc) is 2.73. The molecule has 2 amide bonds. The van der Waals surface area contributed by atoms with Gasteiger partial charge in [-0.3, -0.25) is 19.4 Å². The maximum absolute atomic E-state index is 13.2. The third kappa shape index (κ3) is 4.25. The summed E-state index contributed by atoms with van der Waals surface area (Å²) in [6.45, 7) is 1.40. The number of piperidine rings is 1. The SMILES string of the molecule is O=C1CC(C(=O)Nc2ccccc2C(F)(F)F)c2c(nc(N3CCCCC3)[nH]c2=O)N1. The van der Waals surface area contributed by atoms with E-state index in [9.17, 15) is 27.6 Å². The van der Waals surface area contributed by atoms with Crippen LogP contribution in [0.15, 0.2) is 29.1 Å². The molecule has 31 heavy (non-hydrogen) atoms. The zero-order valence-electron chi connectivity index (χ0n) is 16.4. The second-order valence-electron chi connectivity index (χ2n) is 7.54. The molecular formula is C20H20F3N5O3. The van der Waals surface area contributed by atoms with E-state index in [0.717, 1.165) is 31.4 Å². The van der Waals surface area contributed by atoms with E-state index >= 15 is 0 Å². The smallest absolute Gasteiger partial charge is 0.342 e. The van der Waals surface area contributed by atoms with E-state index < -0.39 is 40.7 Å². The molecule has 2 aliphatic heterocycles. The minimum atomic E-state index is -4.67. The predicted molar refractivity (Wildman–Crippen MR) is 107 cm³/mol. The van der Waals surface area contributed by atoms with Crippen molar-refractivity contribution >= 4 is 29.3 Å². The van der Waals surface area contributed by atoms with Crippen LogP contribution in [-0.2, 0) is 15.8 Å². The van der Waals surface area contributed by atoms with Gasteiger partial charge in [0.05, 0.1) is 22.7 Å². The van der Waals surface area contributed by atoms with Crippen LogP contribution >= 0.6 is 0 Å². The lowest BCUT2D eigenvalue weighted by atomic mass is 9.92. The van der Waals surface area contributed by atoms with E-state index in [-0.39, 0.29) is 17.8 Å². The standard InChI is InChI=1S/C20H20F3N5O3/c21-20(22,23)12-6-2-3-7-13(12)24-17(30)11-10-14(29)25-16-15(11)18(31)27-19(26-16)28-8-4-1-5-9-28/h2-3,6-7,11H,1,4-5,8-10H2,(H,24,30)(H2,25,26,27,29,31). The first-order chi connectivity index (χ1) is 14.7. The fourth-order valence-corrected chi connectivity index (χ4v) is 3.90. The van der Waals surface area contributed by atoms with Crippen LogP contribution in [0.2, 0.25) is 0 Å². The van der Waals surface area contributed by atoms with Gasteiger partial charge in [-0.15, -0.1) is 0 Å². The van der Waals surface area contributed by atoms with Gasteiger partial charge in [-0.1, -0.05) is 12.1 Å². The number of H-pyrrole nitrogens is 1. The molecule has 0 aliphatic carbocycles. The Hall–Kier alpha value is -3.37. The summed E-state index contributed by atoms with van der Waals surface area (Å²) in [7, 11) is 0. The van der Waals surface area contributed by atoms with Gasteiger partial charge in [-0.2, -0.15) is 18.2 Å². The maximum Gasteiger partial charge on any atom is 0.418 e. The number of alkyl halides is 3. The van der Waals surface area contributed by atoms with Crippen molar-refractivity contribution in [2.24, 2.45) is 0 Å². The van der Waals surface area contributed by atoms with Crippen LogP contribution in [-0.4, -0.2) is 34.9 Å². The van der Waals surface area contributed by atoms with E-state index in [1.807, 2.05) is 4.90 Å². The van der Waals surface area contributed by atoms with Crippen molar-refractivity contribution in [3.05, 3.63) is 45.7 Å². The molecule has 1 fully saturated rings. The highest BCUT2D eigenvalue weighted by Gasteiger charge is 2.37. The lowest BCUT2D eigenvalue weighted by Gasteiger charge is -2.29. The summed E-state index contributed by atoms with van der Waals surface area (Å²) in [6, 6.07) is 4.52. The summed E-state index contributed by atoms with van der Waals surface area (Å²) in [5, 5.41) is 4.73. The van der Waals surface area contributed by atoms with Crippen LogP contribution in [0, 0.1) is 0 Å². The second-order valence-corrected chi connectivity index (χ2v) is 7.54. The van der Waals surface area contributed by atoms with Crippen LogP contribution in [0.3, 0.4) is 0 Å². The Balaban J connectivity index is 1.66. The molecule has 1 atom stereocenters. The molecule has 0 spiro atoms. The number of anilines is 3. The van der Waals surface area contributed by atoms with Gasteiger partial charge in [-0.25, -0.2) is 0 Å². The summed E-state index contributed by atoms with van der Waals surface area (Å²) < 4.78 is 39.7. The molecule has 164 valence electrons. The van der Waals surface area contributed by atoms with E-state index in [4.69, 9.17) is 0 Å². The maximum atomic E-state index is 13.2. The molecule has 8 nitrogen and oxygen atoms in total. The molecule has 0 radical (unpaired) electrons. The lowest BCUT2D eigenvalue weighted by molar-refractivity contribution is -0.137. The topological polar surface area (TPSA) is 107 Å². The van der Waals surface area contributed by atoms with Crippen molar-refractivity contribution in [3.63, 3.8) is 0 Å². The highest BCUT2D eigenvalue weighted by Crippen LogP contribution is 2.36. The molecule has 3 heterocycles. The monoisotopic (exact) mass is 435 g/mol. The number of para-hydroxylation sites is 1. The van der Waals surface area contributed by atoms with Gasteiger partial charge in [0.2, 0.25) is 17.8 Å². The molecule has 0 saturated carbocycles. The van der Waals surface area contributed by atoms with E-state index in [0.29, 0.717) is 19.0 Å². The quantitative estimate of drug-likeness (QED) is 0.687. The Morgan fingerprint density at radius 1 is 1.13 bits per heavy atom. The Morgan fingerprint density at radius 2 is 1.84 bits per heavy atom. The molecule has 2 aliphatic rings. The zero-order valence-corrected chi connectivity index (χ0v) is 16.4. The van der Waals surface area contributed by atoms with Crippen molar-refractivity contribution in [1.29, 1.82) is 0 Å². The number of hydrogen-bond acceptors (Lipinski definition) is 5. The number of halogens is 3. The third-order valence-electron chi connectivity index (χ3n) is 5.40. The zero-order chi connectivity index (χ0) is 22.2. The Morgan fingerprint density at radius 3 is 2.55 bits per heavy atom. The number of aromatic amines is 1. The van der Waals surface area contributed by atoms with Crippen LogP contribution < -0.4 is 21.1 Å². The summed E-state index contributed by atoms with van der Waals surface area (Å²) in [5.74, 6) is -2.43. The number of nitrogens with zero attached hydrogens (tertiary/aromatic N) is 2. The molecule has 1 aromatic heterocycles. The number of carbonyl (C=O) groups excluding carboxylic acids is 2. The number of rotatable bonds is 3. The van der Waals surface area contributed by atoms with E-state index in [1.54, 1.807) is 0 Å². The Bertz CT molecular complexity index is 1080. The fourth-order valence-electron chi connectivity index (χ4n) is 3.90. The van der Waals surface area contributed by atoms with Crippen molar-refractivity contribution in [1.82, 2.24) is 9.97 Å². The summed E-state index contributed by atoms with van der Waals surface area (Å²) in [4.78, 5) is 46.7. The largest absolute Gasteiger partial charge is 0.418 e. The first-order valence-corrected chi connectivity index (χ1v) is 9.90. The molecule has 2 aromatic rings. The number of aromatic nitrogens is 2. The van der Waals surface area contributed by atoms with Crippen LogP contribution in [0.4, 0.5) is 30.6 Å². The number of hydrogen-bond donors (Lipinski definition) is 3. The van der Waals surface area contributed by atoms with Crippen molar-refractivity contribution in [2.75, 3.05) is 28.6 Å². The van der Waals surface area contributed by atoms with Crippen molar-refractivity contribution in [3.8, 4) is 0 Å². The summed E-state index contributed by atoms with van der Waals surface area (Å²) >= 11 is 0. The molecule has 0 bridgehead atoms. The van der Waals surface area contributed by atoms with Gasteiger partial charge in [0.15, 0.2) is 0 Å². The minimum Gasteiger partial charge on any atom is -0.342 e. The molecule has 11 heteroatoms. The number of amides is 2. The van der Waals surface area contributed by atoms with Gasteiger partial charge >= 0.3 is 6.18 Å². The molecule has 4 rings (SSSR count). The second kappa shape index (κ2) is 8.05. The minimum absolute atomic E-state index is 0.0372. The van der Waals surface area contributed by atoms with Gasteiger partial charge < -0.3 is 15.5 Å². The molecule has 3 N–H and O–H groups in total. The summed E-state index contributed by atoms with van der Waals surface area (Å²) in [5.41, 5.74) is -2.13. The van der Waals surface area contributed by atoms with Gasteiger partial charge in [0.25, 0.3) is 5.56 Å². The number of carbonyl (C=O) groups is 2. The van der Waals surface area contributed by atoms with Gasteiger partial charge in [-0.05, 0) is 31.4 Å². The number of fused-ring (bicyclic) bond motifs is 1. The molecule has 1 aromatic carbocycles. The van der Waals surface area contributed by atoms with Crippen molar-refractivity contribution < 1.29 is 22.8 Å². The Kier molecular flexibility index (Phi) is 5.42. The van der Waals surface area contributed by atoms with Crippen molar-refractivity contribution in [2.45, 2.75) is 37.8 Å². The normalized spacial score (nSPS) is 18.9. The summed E-state index contributed by atoms with van der Waals surface area (Å²) in [6.07, 6.45) is -2.09. The number of nitrogens with one attached hydrogen (secondary N) is 3. The van der Waals surface area contributed by atoms with Crippen LogP contribution in [0.5, 0.6) is 0 Å². The van der Waals surface area contributed by atoms with Crippen LogP contribution in [0.25, 0.3) is 0 Å². The molecular weight excluding hydrogens is 415 g/mol. The third-order valence-corrected chi connectivity index (χ3v) is 5.40. The highest BCUT2D eigenvalue weighted by molar-refractivity contribution is 6.04. The van der Waals surface area contributed by atoms with E-state index in [2.05, 4.69) is 20.6 Å². The fraction of sp³-hybridized carbons (Fsp3) is 0.400. The van der Waals surface area contributed by atoms with Crippen LogP contribution in [0.1, 0.15) is 42.7 Å². The number of benzene rings is 1. The highest BCUT2D eigenvalue weighted by atomic mass is 19.4. The van der Waals surface area contributed by atoms with Gasteiger partial charge in [0.1, 0.15) is 5.82 Å². The van der Waals surface area contributed by atoms with Gasteiger partial charge in [0, 0.05) is 19.5 Å². The predicted octanol–water partition coefficient (Wildman–Crippen LogP) is 2.84. The molecule has 1 unspecified atom stereocenters. The lowest BCUT2D eigenvalue weighted by Crippen LogP contribution is -2.39. The first kappa shape index (κ1) is 20.9. The Labute approximate surface area is 174 Å². The first-order valence-electron chi connectivity index (χ1n) is 9.90.